The minimum absolute atomic E-state index is 0.131. The van der Waals surface area contributed by atoms with Gasteiger partial charge in [0.25, 0.3) is 0 Å². The molecule has 3 nitrogen and oxygen atoms in total. The Morgan fingerprint density at radius 1 is 1.18 bits per heavy atom. The number of rotatable bonds is 1. The van der Waals surface area contributed by atoms with Crippen LogP contribution in [0.1, 0.15) is 82.3 Å². The molecule has 1 aromatic heterocycles. The van der Waals surface area contributed by atoms with Crippen molar-refractivity contribution in [2.45, 2.75) is 77.2 Å². The molecule has 4 aliphatic carbocycles. The number of thiophene rings is 1. The van der Waals surface area contributed by atoms with Crippen molar-refractivity contribution < 1.29 is 5.11 Å². The summed E-state index contributed by atoms with van der Waals surface area (Å²) < 4.78 is 0. The molecule has 3 saturated carbocycles. The Labute approximate surface area is 172 Å². The van der Waals surface area contributed by atoms with Gasteiger partial charge < -0.3 is 10.8 Å². The fourth-order valence-corrected chi connectivity index (χ4v) is 8.73. The highest BCUT2D eigenvalue weighted by Crippen LogP contribution is 2.68. The summed E-state index contributed by atoms with van der Waals surface area (Å²) in [6.07, 6.45) is 11.6. The van der Waals surface area contributed by atoms with E-state index in [1.807, 2.05) is 0 Å². The van der Waals surface area contributed by atoms with E-state index in [1.54, 1.807) is 5.57 Å². The first-order valence-electron chi connectivity index (χ1n) is 11.0. The summed E-state index contributed by atoms with van der Waals surface area (Å²) in [4.78, 5) is 0. The van der Waals surface area contributed by atoms with E-state index in [0.717, 1.165) is 42.6 Å². The molecule has 0 amide bonds. The molecular weight excluding hydrogens is 364 g/mol. The molecule has 0 unspecified atom stereocenters. The SMILES string of the molecule is C[C@]12CC[C@H]3[C@@H](CC=C4C[C@@H](O)CC[C@@]43C)[C@@H]1CC[C@@H]2c1csc(N)c1C#N. The van der Waals surface area contributed by atoms with Crippen molar-refractivity contribution in [3.8, 4) is 6.07 Å². The summed E-state index contributed by atoms with van der Waals surface area (Å²) >= 11 is 1.54. The lowest BCUT2D eigenvalue weighted by atomic mass is 9.47. The van der Waals surface area contributed by atoms with Crippen LogP contribution in [0.25, 0.3) is 0 Å². The van der Waals surface area contributed by atoms with Gasteiger partial charge in [0.2, 0.25) is 0 Å². The van der Waals surface area contributed by atoms with Crippen molar-refractivity contribution in [1.82, 2.24) is 0 Å². The second-order valence-electron chi connectivity index (χ2n) is 10.4. The summed E-state index contributed by atoms with van der Waals surface area (Å²) in [6, 6.07) is 2.39. The zero-order chi connectivity index (χ0) is 19.7. The predicted molar refractivity (Wildman–Crippen MR) is 114 cm³/mol. The van der Waals surface area contributed by atoms with E-state index in [9.17, 15) is 10.4 Å². The average molecular weight is 397 g/mol. The van der Waals surface area contributed by atoms with Gasteiger partial charge in [-0.25, -0.2) is 0 Å². The molecule has 0 spiro atoms. The number of aliphatic hydroxyl groups is 1. The summed E-state index contributed by atoms with van der Waals surface area (Å²) in [6.45, 7) is 5.00. The van der Waals surface area contributed by atoms with Gasteiger partial charge in [-0.2, -0.15) is 5.26 Å². The maximum atomic E-state index is 10.2. The third-order valence-corrected chi connectivity index (χ3v) is 10.2. The average Bonchev–Trinajstić information content (AvgIpc) is 3.21. The van der Waals surface area contributed by atoms with Crippen LogP contribution in [0.2, 0.25) is 0 Å². The van der Waals surface area contributed by atoms with Crippen molar-refractivity contribution in [3.05, 3.63) is 28.2 Å². The number of nitrogens with zero attached hydrogens (tertiary/aromatic N) is 1. The number of nitriles is 1. The van der Waals surface area contributed by atoms with Crippen LogP contribution in [-0.4, -0.2) is 11.2 Å². The molecular formula is C24H32N2OS. The number of aliphatic hydroxyl groups excluding tert-OH is 1. The molecule has 1 aromatic rings. The molecule has 4 heteroatoms. The maximum absolute atomic E-state index is 10.2. The van der Waals surface area contributed by atoms with Crippen LogP contribution in [0.15, 0.2) is 17.0 Å². The molecule has 0 radical (unpaired) electrons. The lowest BCUT2D eigenvalue weighted by Crippen LogP contribution is -2.50. The van der Waals surface area contributed by atoms with Gasteiger partial charge in [0.1, 0.15) is 11.1 Å². The van der Waals surface area contributed by atoms with Gasteiger partial charge in [0, 0.05) is 0 Å². The number of hydrogen-bond acceptors (Lipinski definition) is 4. The van der Waals surface area contributed by atoms with E-state index in [2.05, 4.69) is 31.4 Å². The highest BCUT2D eigenvalue weighted by Gasteiger charge is 2.59. The number of anilines is 1. The molecule has 1 heterocycles. The standard InChI is InChI=1S/C24H32N2OS/c1-23-9-7-15(27)11-14(23)3-4-16-19-5-6-20(24(19,2)10-8-21(16)23)18-13-28-22(26)17(18)12-25/h3,13,15-16,19-21,27H,4-11,26H2,1-2H3/t15-,16-,19-,20+,21-,23-,24-/m0/s1. The maximum Gasteiger partial charge on any atom is 0.104 e. The Bertz CT molecular complexity index is 866. The normalized spacial score (nSPS) is 44.8. The van der Waals surface area contributed by atoms with E-state index in [4.69, 9.17) is 5.73 Å². The van der Waals surface area contributed by atoms with Crippen LogP contribution < -0.4 is 5.73 Å². The zero-order valence-electron chi connectivity index (χ0n) is 17.1. The molecule has 0 aliphatic heterocycles. The van der Waals surface area contributed by atoms with Gasteiger partial charge >= 0.3 is 0 Å². The zero-order valence-corrected chi connectivity index (χ0v) is 17.9. The monoisotopic (exact) mass is 396 g/mol. The summed E-state index contributed by atoms with van der Waals surface area (Å²) in [5, 5.41) is 22.7. The van der Waals surface area contributed by atoms with Crippen LogP contribution in [0.5, 0.6) is 0 Å². The van der Waals surface area contributed by atoms with Crippen molar-refractivity contribution >= 4 is 16.3 Å². The van der Waals surface area contributed by atoms with Gasteiger partial charge in [0.05, 0.1) is 11.7 Å². The van der Waals surface area contributed by atoms with E-state index >= 15 is 0 Å². The van der Waals surface area contributed by atoms with Gasteiger partial charge in [-0.3, -0.25) is 0 Å². The van der Waals surface area contributed by atoms with Crippen molar-refractivity contribution in [1.29, 1.82) is 5.26 Å². The van der Waals surface area contributed by atoms with Crippen LogP contribution in [0.3, 0.4) is 0 Å². The predicted octanol–water partition coefficient (Wildman–Crippen LogP) is 5.61. The van der Waals surface area contributed by atoms with Crippen LogP contribution in [0.4, 0.5) is 5.00 Å². The third kappa shape index (κ3) is 2.42. The molecule has 7 atom stereocenters. The van der Waals surface area contributed by atoms with E-state index in [-0.39, 0.29) is 11.5 Å². The van der Waals surface area contributed by atoms with Gasteiger partial charge in [-0.15, -0.1) is 11.3 Å². The first-order valence-corrected chi connectivity index (χ1v) is 11.9. The number of allylic oxidation sites excluding steroid dienone is 1. The fourth-order valence-electron chi connectivity index (χ4n) is 7.92. The van der Waals surface area contributed by atoms with Crippen LogP contribution >= 0.6 is 11.3 Å². The molecule has 150 valence electrons. The fraction of sp³-hybridized carbons (Fsp3) is 0.708. The number of fused-ring (bicyclic) bond motifs is 5. The Hall–Kier alpha value is -1.31. The van der Waals surface area contributed by atoms with E-state index in [1.165, 1.54) is 49.0 Å². The summed E-state index contributed by atoms with van der Waals surface area (Å²) in [5.74, 6) is 2.74. The van der Waals surface area contributed by atoms with Crippen LogP contribution in [0, 0.1) is 39.9 Å². The molecule has 0 saturated heterocycles. The minimum atomic E-state index is -0.131. The van der Waals surface area contributed by atoms with E-state index < -0.39 is 0 Å². The topological polar surface area (TPSA) is 70.0 Å². The molecule has 4 aliphatic rings. The number of hydrogen-bond donors (Lipinski definition) is 2. The number of nitrogens with two attached hydrogens (primary N) is 1. The highest BCUT2D eigenvalue weighted by molar-refractivity contribution is 7.14. The van der Waals surface area contributed by atoms with Gasteiger partial charge in [-0.1, -0.05) is 25.5 Å². The first kappa shape index (κ1) is 18.7. The van der Waals surface area contributed by atoms with Crippen molar-refractivity contribution in [2.24, 2.45) is 28.6 Å². The Kier molecular flexibility index (Phi) is 4.24. The lowest BCUT2D eigenvalue weighted by molar-refractivity contribution is -0.0409. The molecule has 3 N–H and O–H groups in total. The van der Waals surface area contributed by atoms with Gasteiger partial charge in [-0.05, 0) is 96.8 Å². The Balaban J connectivity index is 1.48. The first-order chi connectivity index (χ1) is 13.4. The molecule has 28 heavy (non-hydrogen) atoms. The lowest BCUT2D eigenvalue weighted by Gasteiger charge is -2.58. The quantitative estimate of drug-likeness (QED) is 0.606. The smallest absolute Gasteiger partial charge is 0.104 e. The molecule has 0 aromatic carbocycles. The molecule has 0 bridgehead atoms. The third-order valence-electron chi connectivity index (χ3n) is 9.41. The largest absolute Gasteiger partial charge is 0.393 e. The molecule has 3 fully saturated rings. The van der Waals surface area contributed by atoms with Crippen LogP contribution in [-0.2, 0) is 0 Å². The highest BCUT2D eigenvalue weighted by atomic mass is 32.1. The Morgan fingerprint density at radius 3 is 2.79 bits per heavy atom. The second kappa shape index (κ2) is 6.34. The van der Waals surface area contributed by atoms with Crippen molar-refractivity contribution in [3.63, 3.8) is 0 Å². The Morgan fingerprint density at radius 2 is 2.00 bits per heavy atom. The summed E-state index contributed by atoms with van der Waals surface area (Å²) in [7, 11) is 0. The molecule has 5 rings (SSSR count). The second-order valence-corrected chi connectivity index (χ2v) is 11.3. The summed E-state index contributed by atoms with van der Waals surface area (Å²) in [5.41, 5.74) is 10.2. The van der Waals surface area contributed by atoms with Crippen molar-refractivity contribution in [2.75, 3.05) is 5.73 Å². The minimum Gasteiger partial charge on any atom is -0.393 e. The number of nitrogen functional groups attached to an aromatic ring is 1. The van der Waals surface area contributed by atoms with E-state index in [0.29, 0.717) is 16.3 Å². The van der Waals surface area contributed by atoms with Gasteiger partial charge in [0.15, 0.2) is 0 Å².